The van der Waals surface area contributed by atoms with Gasteiger partial charge in [0.05, 0.1) is 28.7 Å². The molecule has 1 aliphatic heterocycles. The van der Waals surface area contributed by atoms with Gasteiger partial charge in [-0.05, 0) is 44.2 Å². The Labute approximate surface area is 243 Å². The molecule has 0 radical (unpaired) electrons. The number of carbonyl (C=O) groups excluding carboxylic acids is 4. The Morgan fingerprint density at radius 3 is 2.35 bits per heavy atom. The summed E-state index contributed by atoms with van der Waals surface area (Å²) in [7, 11) is 0. The number of esters is 1. The lowest BCUT2D eigenvalue weighted by Crippen LogP contribution is -2.58. The molecule has 1 N–H and O–H groups in total. The minimum Gasteiger partial charge on any atom is -0.454 e. The predicted molar refractivity (Wildman–Crippen MR) is 143 cm³/mol. The molecular weight excluding hydrogens is 573 g/mol. The molecule has 2 aromatic carbocycles. The van der Waals surface area contributed by atoms with Crippen molar-refractivity contribution >= 4 is 29.1 Å². The first-order valence-corrected chi connectivity index (χ1v) is 13.7. The normalized spacial score (nSPS) is 28.4. The van der Waals surface area contributed by atoms with Gasteiger partial charge in [-0.25, -0.2) is 4.79 Å². The Morgan fingerprint density at radius 2 is 1.72 bits per heavy atom. The fourth-order valence-corrected chi connectivity index (χ4v) is 6.25. The van der Waals surface area contributed by atoms with Gasteiger partial charge in [0.1, 0.15) is 6.10 Å². The number of hydrogen-bond acceptors (Lipinski definition) is 8. The molecule has 3 aliphatic rings. The van der Waals surface area contributed by atoms with Crippen LogP contribution < -0.4 is 5.32 Å². The van der Waals surface area contributed by atoms with Crippen LogP contribution in [-0.4, -0.2) is 58.9 Å². The highest BCUT2D eigenvalue weighted by Gasteiger charge is 2.49. The zero-order valence-corrected chi connectivity index (χ0v) is 22.8. The van der Waals surface area contributed by atoms with E-state index in [1.807, 2.05) is 17.5 Å². The van der Waals surface area contributed by atoms with E-state index in [1.165, 1.54) is 6.92 Å². The summed E-state index contributed by atoms with van der Waals surface area (Å²) in [6.07, 6.45) is -4.26. The molecule has 0 saturated carbocycles. The van der Waals surface area contributed by atoms with Crippen LogP contribution in [0.15, 0.2) is 60.7 Å². The van der Waals surface area contributed by atoms with Gasteiger partial charge in [-0.3, -0.25) is 24.5 Å². The zero-order chi connectivity index (χ0) is 31.1. The van der Waals surface area contributed by atoms with Gasteiger partial charge >= 0.3 is 18.1 Å². The highest BCUT2D eigenvalue weighted by Crippen LogP contribution is 2.43. The third kappa shape index (κ3) is 6.07. The quantitative estimate of drug-likeness (QED) is 0.219. The van der Waals surface area contributed by atoms with Gasteiger partial charge in [-0.1, -0.05) is 36.4 Å². The number of nitro benzene ring substituents is 1. The smallest absolute Gasteiger partial charge is 0.454 e. The molecule has 2 aromatic rings. The van der Waals surface area contributed by atoms with Crippen LogP contribution in [0.5, 0.6) is 0 Å². The number of non-ortho nitro benzene ring substituents is 1. The molecular formula is C30H27F3N2O8. The molecule has 1 heterocycles. The maximum absolute atomic E-state index is 13.5. The van der Waals surface area contributed by atoms with Crippen LogP contribution in [0.4, 0.5) is 18.9 Å². The molecule has 10 nitrogen and oxygen atoms in total. The number of amides is 1. The third-order valence-electron chi connectivity index (χ3n) is 8.21. The second-order valence-corrected chi connectivity index (χ2v) is 10.9. The van der Waals surface area contributed by atoms with E-state index in [0.717, 1.165) is 24.3 Å². The first kappa shape index (κ1) is 30.1. The van der Waals surface area contributed by atoms with Gasteiger partial charge in [-0.2, -0.15) is 13.2 Å². The Morgan fingerprint density at radius 1 is 1.07 bits per heavy atom. The summed E-state index contributed by atoms with van der Waals surface area (Å²) >= 11 is 0. The number of ketones is 2. The molecule has 13 heteroatoms. The van der Waals surface area contributed by atoms with E-state index in [0.29, 0.717) is 17.5 Å². The van der Waals surface area contributed by atoms with Crippen molar-refractivity contribution in [1.29, 1.82) is 0 Å². The van der Waals surface area contributed by atoms with Crippen molar-refractivity contribution in [2.45, 2.75) is 56.7 Å². The fourth-order valence-electron chi connectivity index (χ4n) is 6.25. The monoisotopic (exact) mass is 600 g/mol. The molecule has 0 aromatic heterocycles. The number of rotatable bonds is 6. The SMILES string of the molecule is C[C@@H]1O[C@@H](CC2C=CCC3C(=O)c4ccccc4C(=O)C23)C[C@H](NC(=O)C(F)(F)F)[C@@H]1OC(=O)c1ccc([N+](=O)[O-])cc1. The van der Waals surface area contributed by atoms with E-state index in [-0.39, 0.29) is 35.7 Å². The minimum absolute atomic E-state index is 0.0834. The molecule has 1 saturated heterocycles. The van der Waals surface area contributed by atoms with Crippen molar-refractivity contribution in [3.63, 3.8) is 0 Å². The van der Waals surface area contributed by atoms with Crippen LogP contribution >= 0.6 is 0 Å². The third-order valence-corrected chi connectivity index (χ3v) is 8.21. The Bertz CT molecular complexity index is 1490. The van der Waals surface area contributed by atoms with Crippen LogP contribution in [0.2, 0.25) is 0 Å². The molecule has 43 heavy (non-hydrogen) atoms. The number of alkyl halides is 3. The first-order valence-electron chi connectivity index (χ1n) is 13.7. The summed E-state index contributed by atoms with van der Waals surface area (Å²) in [4.78, 5) is 61.7. The number of halogens is 3. The molecule has 0 bridgehead atoms. The number of hydrogen-bond donors (Lipinski definition) is 1. The molecule has 0 spiro atoms. The number of nitrogens with one attached hydrogen (secondary N) is 1. The van der Waals surface area contributed by atoms with E-state index < -0.39 is 65.1 Å². The number of benzene rings is 2. The highest BCUT2D eigenvalue weighted by molar-refractivity contribution is 6.16. The lowest BCUT2D eigenvalue weighted by molar-refractivity contribution is -0.384. The van der Waals surface area contributed by atoms with Crippen LogP contribution in [0, 0.1) is 27.9 Å². The number of Topliss-reactive ketones (excluding diaryl/α,β-unsaturated/α-hetero) is 2. The van der Waals surface area contributed by atoms with Gasteiger partial charge < -0.3 is 14.8 Å². The molecule has 7 atom stereocenters. The van der Waals surface area contributed by atoms with Crippen molar-refractivity contribution in [3.05, 3.63) is 87.5 Å². The average molecular weight is 601 g/mol. The largest absolute Gasteiger partial charge is 0.471 e. The second kappa shape index (κ2) is 11.7. The lowest BCUT2D eigenvalue weighted by Gasteiger charge is -2.43. The summed E-state index contributed by atoms with van der Waals surface area (Å²) < 4.78 is 51.2. The van der Waals surface area contributed by atoms with Gasteiger partial charge in [0, 0.05) is 35.1 Å². The van der Waals surface area contributed by atoms with Crippen LogP contribution in [0.3, 0.4) is 0 Å². The van der Waals surface area contributed by atoms with Crippen LogP contribution in [0.25, 0.3) is 0 Å². The van der Waals surface area contributed by atoms with E-state index in [4.69, 9.17) is 9.47 Å². The van der Waals surface area contributed by atoms with Crippen LogP contribution in [-0.2, 0) is 14.3 Å². The fraction of sp³-hybridized carbons (Fsp3) is 0.400. The molecule has 2 aliphatic carbocycles. The first-order chi connectivity index (χ1) is 20.3. The van der Waals surface area contributed by atoms with Gasteiger partial charge in [-0.15, -0.1) is 0 Å². The predicted octanol–water partition coefficient (Wildman–Crippen LogP) is 4.62. The number of nitro groups is 1. The number of allylic oxidation sites excluding steroid dienone is 2. The van der Waals surface area contributed by atoms with Crippen LogP contribution in [0.1, 0.15) is 57.3 Å². The summed E-state index contributed by atoms with van der Waals surface area (Å²) in [5, 5.41) is 12.8. The van der Waals surface area contributed by atoms with Crippen molar-refractivity contribution in [2.24, 2.45) is 17.8 Å². The van der Waals surface area contributed by atoms with E-state index in [1.54, 1.807) is 24.3 Å². The number of carbonyl (C=O) groups is 4. The summed E-state index contributed by atoms with van der Waals surface area (Å²) in [5.41, 5.74) is 0.350. The molecule has 3 unspecified atom stereocenters. The average Bonchev–Trinajstić information content (AvgIpc) is 2.97. The maximum atomic E-state index is 13.5. The Hall–Kier alpha value is -4.39. The maximum Gasteiger partial charge on any atom is 0.471 e. The van der Waals surface area contributed by atoms with E-state index in [9.17, 15) is 42.5 Å². The highest BCUT2D eigenvalue weighted by atomic mass is 19.4. The molecule has 1 amide bonds. The summed E-state index contributed by atoms with van der Waals surface area (Å²) in [6.45, 7) is 1.48. The summed E-state index contributed by atoms with van der Waals surface area (Å²) in [5.74, 6) is -5.22. The van der Waals surface area contributed by atoms with Crippen molar-refractivity contribution < 1.29 is 46.7 Å². The topological polar surface area (TPSA) is 142 Å². The minimum atomic E-state index is -5.20. The Kier molecular flexibility index (Phi) is 8.19. The van der Waals surface area contributed by atoms with E-state index >= 15 is 0 Å². The zero-order valence-electron chi connectivity index (χ0n) is 22.8. The molecule has 226 valence electrons. The standard InChI is InChI=1S/C30H27F3N2O8/c1-15-27(43-28(38)16-9-11-18(12-10-16)35(40)41)23(34-29(39)30(31,32)33)14-19(42-15)13-17-5-4-8-22-24(17)26(37)21-7-3-2-6-20(21)25(22)36/h2-7,9-12,15,17,19,22-24,27H,8,13-14H2,1H3,(H,34,39)/t15-,17?,19-,22?,23-,24?,27+/m0/s1. The molecule has 5 rings (SSSR count). The molecule has 1 fully saturated rings. The Balaban J connectivity index is 1.35. The number of nitrogens with zero attached hydrogens (tertiary/aromatic N) is 1. The van der Waals surface area contributed by atoms with Crippen molar-refractivity contribution in [3.8, 4) is 0 Å². The van der Waals surface area contributed by atoms with Gasteiger partial charge in [0.25, 0.3) is 5.69 Å². The number of ether oxygens (including phenoxy) is 2. The van der Waals surface area contributed by atoms with E-state index in [2.05, 4.69) is 0 Å². The van der Waals surface area contributed by atoms with Gasteiger partial charge in [0.2, 0.25) is 0 Å². The lowest BCUT2D eigenvalue weighted by atomic mass is 9.64. The van der Waals surface area contributed by atoms with Crippen molar-refractivity contribution in [2.75, 3.05) is 0 Å². The summed E-state index contributed by atoms with van der Waals surface area (Å²) in [6, 6.07) is 9.74. The van der Waals surface area contributed by atoms with Gasteiger partial charge in [0.15, 0.2) is 11.6 Å². The van der Waals surface area contributed by atoms with Crippen molar-refractivity contribution in [1.82, 2.24) is 5.32 Å². The number of fused-ring (bicyclic) bond motifs is 2. The second-order valence-electron chi connectivity index (χ2n) is 10.9.